The van der Waals surface area contributed by atoms with Crippen molar-refractivity contribution in [1.82, 2.24) is 0 Å². The van der Waals surface area contributed by atoms with Crippen LogP contribution in [0.25, 0.3) is 0 Å². The van der Waals surface area contributed by atoms with E-state index in [0.717, 1.165) is 11.1 Å². The Bertz CT molecular complexity index is 671. The normalized spacial score (nSPS) is 20.4. The minimum atomic E-state index is -1.25. The molecule has 2 aromatic rings. The zero-order chi connectivity index (χ0) is 14.2. The van der Waals surface area contributed by atoms with Gasteiger partial charge in [0.1, 0.15) is 5.82 Å². The number of benzene rings is 2. The van der Waals surface area contributed by atoms with Crippen molar-refractivity contribution in [3.05, 3.63) is 65.5 Å². The van der Waals surface area contributed by atoms with Gasteiger partial charge in [-0.05, 0) is 36.1 Å². The SMILES string of the molecule is O=C(O)C1(Nc2ccccc2F)CCc2ccccc21. The lowest BCUT2D eigenvalue weighted by molar-refractivity contribution is -0.142. The summed E-state index contributed by atoms with van der Waals surface area (Å²) in [5.41, 5.74) is 0.680. The number of rotatable bonds is 3. The number of nitrogens with one attached hydrogen (secondary N) is 1. The number of fused-ring (bicyclic) bond motifs is 1. The number of hydrogen-bond acceptors (Lipinski definition) is 2. The molecule has 3 nitrogen and oxygen atoms in total. The Balaban J connectivity index is 2.08. The summed E-state index contributed by atoms with van der Waals surface area (Å²) in [4.78, 5) is 11.8. The third-order valence-corrected chi connectivity index (χ3v) is 3.83. The molecule has 1 unspecified atom stereocenters. The highest BCUT2D eigenvalue weighted by Gasteiger charge is 2.45. The van der Waals surface area contributed by atoms with E-state index in [2.05, 4.69) is 5.32 Å². The van der Waals surface area contributed by atoms with E-state index < -0.39 is 17.3 Å². The van der Waals surface area contributed by atoms with E-state index in [1.165, 1.54) is 6.07 Å². The smallest absolute Gasteiger partial charge is 0.334 e. The fourth-order valence-electron chi connectivity index (χ4n) is 2.81. The van der Waals surface area contributed by atoms with Crippen LogP contribution in [0.3, 0.4) is 0 Å². The Hall–Kier alpha value is -2.36. The lowest BCUT2D eigenvalue weighted by Gasteiger charge is -2.28. The summed E-state index contributed by atoms with van der Waals surface area (Å²) < 4.78 is 13.8. The summed E-state index contributed by atoms with van der Waals surface area (Å²) in [6, 6.07) is 13.6. The summed E-state index contributed by atoms with van der Waals surface area (Å²) in [6.07, 6.45) is 1.08. The minimum absolute atomic E-state index is 0.214. The van der Waals surface area contributed by atoms with E-state index in [-0.39, 0.29) is 5.69 Å². The van der Waals surface area contributed by atoms with Crippen LogP contribution in [0.15, 0.2) is 48.5 Å². The average molecular weight is 271 g/mol. The van der Waals surface area contributed by atoms with Gasteiger partial charge in [0.2, 0.25) is 0 Å². The maximum atomic E-state index is 13.8. The van der Waals surface area contributed by atoms with Gasteiger partial charge in [0.15, 0.2) is 5.54 Å². The number of halogens is 1. The number of anilines is 1. The molecule has 1 atom stereocenters. The Labute approximate surface area is 116 Å². The van der Waals surface area contributed by atoms with Crippen molar-refractivity contribution in [2.75, 3.05) is 5.32 Å². The third-order valence-electron chi connectivity index (χ3n) is 3.83. The number of carbonyl (C=O) groups is 1. The molecule has 2 aromatic carbocycles. The first-order valence-electron chi connectivity index (χ1n) is 6.48. The van der Waals surface area contributed by atoms with Crippen molar-refractivity contribution in [3.63, 3.8) is 0 Å². The molecule has 0 heterocycles. The van der Waals surface area contributed by atoms with Crippen LogP contribution in [-0.4, -0.2) is 11.1 Å². The Morgan fingerprint density at radius 1 is 1.15 bits per heavy atom. The third kappa shape index (κ3) is 1.84. The summed E-state index contributed by atoms with van der Waals surface area (Å²) in [7, 11) is 0. The molecule has 0 saturated carbocycles. The van der Waals surface area contributed by atoms with Crippen LogP contribution in [0.1, 0.15) is 17.5 Å². The number of carboxylic acids is 1. The summed E-state index contributed by atoms with van der Waals surface area (Å²) >= 11 is 0. The van der Waals surface area contributed by atoms with Crippen molar-refractivity contribution in [2.24, 2.45) is 0 Å². The molecule has 0 fully saturated rings. The second-order valence-corrected chi connectivity index (χ2v) is 4.97. The molecule has 4 heteroatoms. The molecule has 0 aliphatic heterocycles. The lowest BCUT2D eigenvalue weighted by atomic mass is 9.91. The second kappa shape index (κ2) is 4.63. The van der Waals surface area contributed by atoms with E-state index in [0.29, 0.717) is 12.8 Å². The second-order valence-electron chi connectivity index (χ2n) is 4.97. The molecular formula is C16H14FNO2. The van der Waals surface area contributed by atoms with Crippen LogP contribution in [0, 0.1) is 5.82 Å². The number of carboxylic acid groups (broad SMARTS) is 1. The summed E-state index contributed by atoms with van der Waals surface area (Å²) in [5, 5.41) is 12.6. The van der Waals surface area contributed by atoms with Crippen molar-refractivity contribution >= 4 is 11.7 Å². The molecule has 0 aromatic heterocycles. The van der Waals surface area contributed by atoms with Gasteiger partial charge < -0.3 is 10.4 Å². The van der Waals surface area contributed by atoms with Gasteiger partial charge in [-0.15, -0.1) is 0 Å². The van der Waals surface area contributed by atoms with Gasteiger partial charge in [-0.2, -0.15) is 0 Å². The van der Waals surface area contributed by atoms with Gasteiger partial charge in [0.05, 0.1) is 5.69 Å². The molecule has 102 valence electrons. The standard InChI is InChI=1S/C16H14FNO2/c17-13-7-3-4-8-14(13)18-16(15(19)20)10-9-11-5-1-2-6-12(11)16/h1-8,18H,9-10H2,(H,19,20). The van der Waals surface area contributed by atoms with E-state index in [1.54, 1.807) is 24.3 Å². The fourth-order valence-corrected chi connectivity index (χ4v) is 2.81. The van der Waals surface area contributed by atoms with E-state index in [9.17, 15) is 14.3 Å². The van der Waals surface area contributed by atoms with Crippen LogP contribution in [0.2, 0.25) is 0 Å². The van der Waals surface area contributed by atoms with Gasteiger partial charge in [0, 0.05) is 0 Å². The summed E-state index contributed by atoms with van der Waals surface area (Å²) in [5.74, 6) is -1.43. The first-order chi connectivity index (χ1) is 9.63. The largest absolute Gasteiger partial charge is 0.479 e. The maximum absolute atomic E-state index is 13.8. The molecule has 1 aliphatic rings. The van der Waals surface area contributed by atoms with Crippen molar-refractivity contribution in [1.29, 1.82) is 0 Å². The van der Waals surface area contributed by atoms with Gasteiger partial charge in [-0.3, -0.25) is 0 Å². The molecule has 20 heavy (non-hydrogen) atoms. The van der Waals surface area contributed by atoms with Crippen molar-refractivity contribution in [3.8, 4) is 0 Å². The van der Waals surface area contributed by atoms with Crippen LogP contribution >= 0.6 is 0 Å². The quantitative estimate of drug-likeness (QED) is 0.901. The van der Waals surface area contributed by atoms with Gasteiger partial charge in [-0.1, -0.05) is 36.4 Å². The van der Waals surface area contributed by atoms with E-state index >= 15 is 0 Å². The highest BCUT2D eigenvalue weighted by atomic mass is 19.1. The maximum Gasteiger partial charge on any atom is 0.334 e. The van der Waals surface area contributed by atoms with Gasteiger partial charge in [0.25, 0.3) is 0 Å². The van der Waals surface area contributed by atoms with Crippen LogP contribution in [-0.2, 0) is 16.8 Å². The Morgan fingerprint density at radius 3 is 2.60 bits per heavy atom. The summed E-state index contributed by atoms with van der Waals surface area (Å²) in [6.45, 7) is 0. The molecule has 0 radical (unpaired) electrons. The lowest BCUT2D eigenvalue weighted by Crippen LogP contribution is -2.41. The highest BCUT2D eigenvalue weighted by molar-refractivity contribution is 5.86. The molecule has 2 N–H and O–H groups in total. The predicted octanol–water partition coefficient (Wildman–Crippen LogP) is 3.16. The number of para-hydroxylation sites is 1. The fraction of sp³-hybridized carbons (Fsp3) is 0.188. The topological polar surface area (TPSA) is 49.3 Å². The van der Waals surface area contributed by atoms with Crippen molar-refractivity contribution in [2.45, 2.75) is 18.4 Å². The number of hydrogen-bond donors (Lipinski definition) is 2. The van der Waals surface area contributed by atoms with Gasteiger partial charge in [-0.25, -0.2) is 9.18 Å². The molecule has 0 saturated heterocycles. The Kier molecular flexibility index (Phi) is 2.93. The van der Waals surface area contributed by atoms with Crippen LogP contribution in [0.4, 0.5) is 10.1 Å². The zero-order valence-electron chi connectivity index (χ0n) is 10.8. The average Bonchev–Trinajstić information content (AvgIpc) is 2.82. The Morgan fingerprint density at radius 2 is 1.85 bits per heavy atom. The number of aryl methyl sites for hydroxylation is 1. The minimum Gasteiger partial charge on any atom is -0.479 e. The molecule has 0 bridgehead atoms. The molecule has 3 rings (SSSR count). The number of aliphatic carboxylic acids is 1. The van der Waals surface area contributed by atoms with E-state index in [1.807, 2.05) is 18.2 Å². The molecule has 0 amide bonds. The van der Waals surface area contributed by atoms with E-state index in [4.69, 9.17) is 0 Å². The highest BCUT2D eigenvalue weighted by Crippen LogP contribution is 2.40. The molecular weight excluding hydrogens is 257 g/mol. The first kappa shape index (κ1) is 12.7. The molecule has 1 aliphatic carbocycles. The first-order valence-corrected chi connectivity index (χ1v) is 6.48. The van der Waals surface area contributed by atoms with Crippen LogP contribution < -0.4 is 5.32 Å². The molecule has 0 spiro atoms. The predicted molar refractivity (Wildman–Crippen MR) is 74.1 cm³/mol. The monoisotopic (exact) mass is 271 g/mol. The van der Waals surface area contributed by atoms with Gasteiger partial charge >= 0.3 is 5.97 Å². The van der Waals surface area contributed by atoms with Crippen LogP contribution in [0.5, 0.6) is 0 Å². The zero-order valence-corrected chi connectivity index (χ0v) is 10.8. The van der Waals surface area contributed by atoms with Crippen molar-refractivity contribution < 1.29 is 14.3 Å².